The van der Waals surface area contributed by atoms with E-state index in [-0.39, 0.29) is 30.8 Å². The molecule has 10 heteroatoms. The van der Waals surface area contributed by atoms with Crippen LogP contribution in [0.3, 0.4) is 0 Å². The van der Waals surface area contributed by atoms with Gasteiger partial charge >= 0.3 is 0 Å². The van der Waals surface area contributed by atoms with Gasteiger partial charge in [-0.2, -0.15) is 0 Å². The number of likely N-dealkylation sites (N-methyl/N-ethyl adjacent to an activating group) is 1. The number of amides is 2. The van der Waals surface area contributed by atoms with Gasteiger partial charge in [-0.15, -0.1) is 35.1 Å². The first-order valence-corrected chi connectivity index (χ1v) is 11.1. The third kappa shape index (κ3) is 5.19. The minimum Gasteiger partial charge on any atom is -0.347 e. The Morgan fingerprint density at radius 2 is 1.97 bits per heavy atom. The lowest BCUT2D eigenvalue weighted by atomic mass is 10.1. The number of halogens is 2. The highest BCUT2D eigenvalue weighted by atomic mass is 35.5. The first-order chi connectivity index (χ1) is 14.0. The van der Waals surface area contributed by atoms with E-state index in [4.69, 9.17) is 11.6 Å². The number of anilines is 1. The number of carbonyl (C=O) groups is 2. The van der Waals surface area contributed by atoms with E-state index in [1.54, 1.807) is 24.3 Å². The molecule has 2 amide bonds. The minimum absolute atomic E-state index is 0. The molecule has 0 fully saturated rings. The summed E-state index contributed by atoms with van der Waals surface area (Å²) in [5, 5.41) is 6.38. The summed E-state index contributed by atoms with van der Waals surface area (Å²) in [4.78, 5) is 33.7. The summed E-state index contributed by atoms with van der Waals surface area (Å²) >= 11 is 8.63. The molecule has 0 aliphatic carbocycles. The number of hydrogen-bond acceptors (Lipinski definition) is 6. The number of thiazole rings is 1. The van der Waals surface area contributed by atoms with E-state index in [0.717, 1.165) is 30.8 Å². The van der Waals surface area contributed by atoms with E-state index in [1.807, 2.05) is 12.1 Å². The maximum absolute atomic E-state index is 12.8. The Labute approximate surface area is 193 Å². The van der Waals surface area contributed by atoms with Crippen molar-refractivity contribution >= 4 is 63.6 Å². The normalized spacial score (nSPS) is 13.3. The lowest BCUT2D eigenvalue weighted by molar-refractivity contribution is 0.0951. The van der Waals surface area contributed by atoms with Crippen LogP contribution < -0.4 is 10.6 Å². The third-order valence-corrected chi connectivity index (χ3v) is 6.87. The quantitative estimate of drug-likeness (QED) is 0.563. The Kier molecular flexibility index (Phi) is 7.49. The topological polar surface area (TPSA) is 74.3 Å². The summed E-state index contributed by atoms with van der Waals surface area (Å²) in [6.07, 6.45) is 0.896. The zero-order valence-corrected chi connectivity index (χ0v) is 19.3. The molecule has 4 rings (SSSR count). The fourth-order valence-corrected chi connectivity index (χ4v) is 5.18. The lowest BCUT2D eigenvalue weighted by Crippen LogP contribution is -2.25. The number of benzene rings is 1. The molecule has 1 aliphatic heterocycles. The third-order valence-electron chi connectivity index (χ3n) is 4.64. The second kappa shape index (κ2) is 9.89. The molecule has 0 atom stereocenters. The SMILES string of the molecule is CN1CCc2nc(NC(=O)c3ccccc3CNC(=O)c3ccc(Cl)s3)sc2C1.Cl. The molecule has 2 aromatic heterocycles. The zero-order chi connectivity index (χ0) is 20.4. The number of nitrogens with zero attached hydrogens (tertiary/aromatic N) is 2. The molecule has 3 heterocycles. The van der Waals surface area contributed by atoms with Crippen molar-refractivity contribution in [3.8, 4) is 0 Å². The maximum Gasteiger partial charge on any atom is 0.261 e. The van der Waals surface area contributed by atoms with Gasteiger partial charge in [-0.3, -0.25) is 14.9 Å². The van der Waals surface area contributed by atoms with Gasteiger partial charge in [0.1, 0.15) is 0 Å². The van der Waals surface area contributed by atoms with Gasteiger partial charge in [0, 0.05) is 36.5 Å². The second-order valence-electron chi connectivity index (χ2n) is 6.77. The van der Waals surface area contributed by atoms with Crippen LogP contribution in [0.4, 0.5) is 5.13 Å². The van der Waals surface area contributed by atoms with Crippen molar-refractivity contribution < 1.29 is 9.59 Å². The van der Waals surface area contributed by atoms with Crippen LogP contribution in [0.15, 0.2) is 36.4 Å². The van der Waals surface area contributed by atoms with E-state index < -0.39 is 0 Å². The molecule has 1 aliphatic rings. The number of carbonyl (C=O) groups excluding carboxylic acids is 2. The summed E-state index contributed by atoms with van der Waals surface area (Å²) in [5.74, 6) is -0.442. The predicted molar refractivity (Wildman–Crippen MR) is 124 cm³/mol. The van der Waals surface area contributed by atoms with Crippen LogP contribution in [0.2, 0.25) is 4.34 Å². The molecule has 0 bridgehead atoms. The van der Waals surface area contributed by atoms with Crippen molar-refractivity contribution in [1.29, 1.82) is 0 Å². The summed E-state index contributed by atoms with van der Waals surface area (Å²) in [6, 6.07) is 10.6. The van der Waals surface area contributed by atoms with E-state index in [1.165, 1.54) is 27.6 Å². The highest BCUT2D eigenvalue weighted by molar-refractivity contribution is 7.18. The van der Waals surface area contributed by atoms with Gasteiger partial charge in [-0.05, 0) is 30.8 Å². The first kappa shape index (κ1) is 22.7. The first-order valence-electron chi connectivity index (χ1n) is 9.09. The fraction of sp³-hybridized carbons (Fsp3) is 0.250. The molecule has 0 radical (unpaired) electrons. The fourth-order valence-electron chi connectivity index (χ4n) is 3.14. The van der Waals surface area contributed by atoms with Crippen molar-refractivity contribution in [3.63, 3.8) is 0 Å². The van der Waals surface area contributed by atoms with E-state index in [0.29, 0.717) is 19.9 Å². The smallest absolute Gasteiger partial charge is 0.261 e. The molecule has 0 spiro atoms. The summed E-state index contributed by atoms with van der Waals surface area (Å²) in [5.41, 5.74) is 2.32. The average Bonchev–Trinajstić information content (AvgIpc) is 3.31. The standard InChI is InChI=1S/C20H19ClN4O2S2.ClH/c1-25-9-8-14-16(11-25)29-20(23-14)24-18(26)13-5-3-2-4-12(13)10-22-19(27)15-6-7-17(21)28-15;/h2-7H,8-11H2,1H3,(H,22,27)(H,23,24,26);1H. The Bertz CT molecular complexity index is 1070. The molecule has 1 aromatic carbocycles. The van der Waals surface area contributed by atoms with Crippen LogP contribution in [0.25, 0.3) is 0 Å². The van der Waals surface area contributed by atoms with Gasteiger partial charge in [-0.25, -0.2) is 4.98 Å². The van der Waals surface area contributed by atoms with Crippen molar-refractivity contribution in [1.82, 2.24) is 15.2 Å². The summed E-state index contributed by atoms with van der Waals surface area (Å²) in [6.45, 7) is 2.08. The Balaban J connectivity index is 0.00000256. The average molecular weight is 483 g/mol. The summed E-state index contributed by atoms with van der Waals surface area (Å²) < 4.78 is 0.562. The number of fused-ring (bicyclic) bond motifs is 1. The van der Waals surface area contributed by atoms with E-state index in [9.17, 15) is 9.59 Å². The van der Waals surface area contributed by atoms with Gasteiger partial charge in [0.25, 0.3) is 11.8 Å². The molecular formula is C20H20Cl2N4O2S2. The molecule has 0 saturated carbocycles. The van der Waals surface area contributed by atoms with Crippen molar-refractivity contribution in [2.45, 2.75) is 19.5 Å². The molecular weight excluding hydrogens is 463 g/mol. The van der Waals surface area contributed by atoms with Crippen LogP contribution in [-0.2, 0) is 19.5 Å². The van der Waals surface area contributed by atoms with Crippen LogP contribution in [0.5, 0.6) is 0 Å². The highest BCUT2D eigenvalue weighted by Gasteiger charge is 2.20. The van der Waals surface area contributed by atoms with Crippen molar-refractivity contribution in [3.05, 3.63) is 67.3 Å². The van der Waals surface area contributed by atoms with Gasteiger partial charge in [0.2, 0.25) is 0 Å². The Hall–Kier alpha value is -1.97. The Morgan fingerprint density at radius 3 is 2.73 bits per heavy atom. The van der Waals surface area contributed by atoms with Gasteiger partial charge < -0.3 is 10.2 Å². The van der Waals surface area contributed by atoms with Gasteiger partial charge in [0.05, 0.1) is 14.9 Å². The molecule has 158 valence electrons. The van der Waals surface area contributed by atoms with Crippen LogP contribution >= 0.6 is 46.7 Å². The van der Waals surface area contributed by atoms with E-state index >= 15 is 0 Å². The molecule has 3 aromatic rings. The van der Waals surface area contributed by atoms with Crippen molar-refractivity contribution in [2.75, 3.05) is 18.9 Å². The lowest BCUT2D eigenvalue weighted by Gasteiger charge is -2.20. The molecule has 0 saturated heterocycles. The van der Waals surface area contributed by atoms with Crippen LogP contribution in [0, 0.1) is 0 Å². The van der Waals surface area contributed by atoms with E-state index in [2.05, 4.69) is 27.6 Å². The van der Waals surface area contributed by atoms with Crippen LogP contribution in [0.1, 0.15) is 36.2 Å². The number of nitrogens with one attached hydrogen (secondary N) is 2. The number of aromatic nitrogens is 1. The predicted octanol–water partition coefficient (Wildman–Crippen LogP) is 4.45. The zero-order valence-electron chi connectivity index (χ0n) is 16.1. The minimum atomic E-state index is -0.228. The van der Waals surface area contributed by atoms with Gasteiger partial charge in [-0.1, -0.05) is 29.8 Å². The molecule has 30 heavy (non-hydrogen) atoms. The van der Waals surface area contributed by atoms with Crippen molar-refractivity contribution in [2.24, 2.45) is 0 Å². The molecule has 6 nitrogen and oxygen atoms in total. The number of thiophene rings is 1. The molecule has 0 unspecified atom stereocenters. The largest absolute Gasteiger partial charge is 0.347 e. The molecule has 2 N–H and O–H groups in total. The summed E-state index contributed by atoms with van der Waals surface area (Å²) in [7, 11) is 2.08. The Morgan fingerprint density at radius 1 is 1.17 bits per heavy atom. The maximum atomic E-state index is 12.8. The van der Waals surface area contributed by atoms with Crippen LogP contribution in [-0.4, -0.2) is 35.3 Å². The van der Waals surface area contributed by atoms with Gasteiger partial charge in [0.15, 0.2) is 5.13 Å². The second-order valence-corrected chi connectivity index (χ2v) is 9.57. The monoisotopic (exact) mass is 482 g/mol. The number of hydrogen-bond donors (Lipinski definition) is 2. The highest BCUT2D eigenvalue weighted by Crippen LogP contribution is 2.28. The number of rotatable bonds is 5.